The number of nitrogens with one attached hydrogen (secondary N) is 1. The monoisotopic (exact) mass is 509 g/mol. The van der Waals surface area contributed by atoms with Gasteiger partial charge in [0.25, 0.3) is 0 Å². The van der Waals surface area contributed by atoms with Gasteiger partial charge in [-0.1, -0.05) is 63.3 Å². The van der Waals surface area contributed by atoms with Gasteiger partial charge in [-0.05, 0) is 49.3 Å². The highest BCUT2D eigenvalue weighted by Gasteiger charge is 2.69. The summed E-state index contributed by atoms with van der Waals surface area (Å²) in [5.74, 6) is -2.90. The molecule has 1 saturated carbocycles. The quantitative estimate of drug-likeness (QED) is 0.427. The Morgan fingerprint density at radius 3 is 2.43 bits per heavy atom. The SMILES string of the molecule is CC(=O)O[C@@H]1/C=C/[C@@](C)(O)C(=O)[C@@H](C)C/C=C/[C@H]2[C@H](O)C(C)[C@@H](C)[C@H]3[C@H](Cc4ccccc4)NC(=O)[C@@]312. The fraction of sp³-hybridized carbons (Fsp3) is 0.567. The van der Waals surface area contributed by atoms with E-state index in [2.05, 4.69) is 5.32 Å². The van der Waals surface area contributed by atoms with E-state index in [1.165, 1.54) is 26.0 Å². The zero-order valence-electron chi connectivity index (χ0n) is 22.3. The van der Waals surface area contributed by atoms with Gasteiger partial charge in [-0.3, -0.25) is 14.4 Å². The number of hydrogen-bond acceptors (Lipinski definition) is 6. The maximum atomic E-state index is 14.2. The lowest BCUT2D eigenvalue weighted by molar-refractivity contribution is -0.177. The van der Waals surface area contributed by atoms with Crippen LogP contribution in [0.3, 0.4) is 0 Å². The van der Waals surface area contributed by atoms with Gasteiger partial charge in [0.2, 0.25) is 5.91 Å². The minimum absolute atomic E-state index is 0.0926. The molecule has 1 aliphatic heterocycles. The molecule has 3 aliphatic rings. The van der Waals surface area contributed by atoms with E-state index in [1.54, 1.807) is 6.92 Å². The molecule has 1 heterocycles. The van der Waals surface area contributed by atoms with Crippen LogP contribution < -0.4 is 5.32 Å². The third-order valence-corrected chi connectivity index (χ3v) is 8.99. The average Bonchev–Trinajstić information content (AvgIpc) is 3.13. The van der Waals surface area contributed by atoms with E-state index >= 15 is 0 Å². The van der Waals surface area contributed by atoms with E-state index in [-0.39, 0.29) is 35.5 Å². The lowest BCUT2D eigenvalue weighted by Crippen LogP contribution is -2.62. The van der Waals surface area contributed by atoms with Crippen LogP contribution in [0.5, 0.6) is 0 Å². The van der Waals surface area contributed by atoms with Crippen molar-refractivity contribution in [3.05, 3.63) is 60.2 Å². The summed E-state index contributed by atoms with van der Waals surface area (Å²) >= 11 is 0. The second kappa shape index (κ2) is 10.2. The van der Waals surface area contributed by atoms with Gasteiger partial charge in [-0.15, -0.1) is 0 Å². The summed E-state index contributed by atoms with van der Waals surface area (Å²) in [6, 6.07) is 9.65. The highest BCUT2D eigenvalue weighted by atomic mass is 16.5. The molecule has 0 aromatic heterocycles. The van der Waals surface area contributed by atoms with Crippen molar-refractivity contribution >= 4 is 17.7 Å². The van der Waals surface area contributed by atoms with Crippen molar-refractivity contribution in [2.45, 2.75) is 71.3 Å². The van der Waals surface area contributed by atoms with Crippen molar-refractivity contribution < 1.29 is 29.3 Å². The van der Waals surface area contributed by atoms with Gasteiger partial charge in [0.1, 0.15) is 17.1 Å². The van der Waals surface area contributed by atoms with Crippen molar-refractivity contribution in [2.24, 2.45) is 35.0 Å². The second-order valence-corrected chi connectivity index (χ2v) is 11.4. The highest BCUT2D eigenvalue weighted by Crippen LogP contribution is 2.59. The van der Waals surface area contributed by atoms with Gasteiger partial charge in [0.05, 0.1) is 6.10 Å². The van der Waals surface area contributed by atoms with Gasteiger partial charge in [0.15, 0.2) is 5.78 Å². The summed E-state index contributed by atoms with van der Waals surface area (Å²) < 4.78 is 5.84. The Balaban J connectivity index is 1.94. The zero-order chi connectivity index (χ0) is 27.1. The van der Waals surface area contributed by atoms with Crippen LogP contribution in [0.4, 0.5) is 0 Å². The molecule has 3 N–H and O–H groups in total. The summed E-state index contributed by atoms with van der Waals surface area (Å²) in [4.78, 5) is 39.5. The lowest BCUT2D eigenvalue weighted by atomic mass is 9.50. The minimum atomic E-state index is -1.80. The molecule has 1 aromatic carbocycles. The fourth-order valence-corrected chi connectivity index (χ4v) is 6.98. The van der Waals surface area contributed by atoms with E-state index in [4.69, 9.17) is 4.74 Å². The molecule has 4 rings (SSSR count). The summed E-state index contributed by atoms with van der Waals surface area (Å²) in [6.07, 6.45) is 5.47. The van der Waals surface area contributed by atoms with Crippen LogP contribution in [0.2, 0.25) is 0 Å². The second-order valence-electron chi connectivity index (χ2n) is 11.4. The molecule has 10 atom stereocenters. The summed E-state index contributed by atoms with van der Waals surface area (Å²) in [7, 11) is 0. The Kier molecular flexibility index (Phi) is 7.50. The first-order valence-corrected chi connectivity index (χ1v) is 13.2. The normalized spacial score (nSPS) is 43.5. The van der Waals surface area contributed by atoms with Crippen LogP contribution in [0.15, 0.2) is 54.6 Å². The first-order valence-electron chi connectivity index (χ1n) is 13.2. The third kappa shape index (κ3) is 4.68. The molecule has 1 aromatic rings. The van der Waals surface area contributed by atoms with Crippen molar-refractivity contribution in [2.75, 3.05) is 0 Å². The molecule has 200 valence electrons. The number of amides is 1. The number of carbonyl (C=O) groups is 3. The molecule has 37 heavy (non-hydrogen) atoms. The number of aliphatic hydroxyl groups is 2. The van der Waals surface area contributed by atoms with Crippen molar-refractivity contribution in [1.29, 1.82) is 0 Å². The number of ether oxygens (including phenoxy) is 1. The molecular weight excluding hydrogens is 470 g/mol. The Hall–Kier alpha value is -2.77. The molecule has 0 bridgehead atoms. The molecule has 0 radical (unpaired) electrons. The van der Waals surface area contributed by atoms with Crippen LogP contribution in [0.1, 0.15) is 46.6 Å². The van der Waals surface area contributed by atoms with E-state index in [9.17, 15) is 24.6 Å². The summed E-state index contributed by atoms with van der Waals surface area (Å²) in [6.45, 7) is 8.47. The first-order chi connectivity index (χ1) is 17.4. The maximum absolute atomic E-state index is 14.2. The predicted octanol–water partition coefficient (Wildman–Crippen LogP) is 3.00. The van der Waals surface area contributed by atoms with Gasteiger partial charge >= 0.3 is 5.97 Å². The van der Waals surface area contributed by atoms with E-state index < -0.39 is 41.0 Å². The molecular formula is C30H39NO6. The summed E-state index contributed by atoms with van der Waals surface area (Å²) in [5.41, 5.74) is -2.06. The standard InChI is InChI=1S/C30H39NO6/c1-17-10-9-13-22-26(33)19(3)18(2)25-23(16-21-11-7-6-8-12-21)31-28(35)30(22,25)24(37-20(4)32)14-15-29(5,36)27(17)34/h6-9,11-15,17-19,22-26,33,36H,10,16H2,1-5H3,(H,31,35)/b13-9+,15-14+/t17-,18+,19?,22-,23-,24+,25-,26+,29+,30+/m0/s1. The maximum Gasteiger partial charge on any atom is 0.303 e. The molecule has 1 saturated heterocycles. The van der Waals surface area contributed by atoms with Crippen molar-refractivity contribution in [3.63, 3.8) is 0 Å². The number of benzene rings is 1. The smallest absolute Gasteiger partial charge is 0.303 e. The Morgan fingerprint density at radius 2 is 1.78 bits per heavy atom. The predicted molar refractivity (Wildman–Crippen MR) is 139 cm³/mol. The largest absolute Gasteiger partial charge is 0.457 e. The number of allylic oxidation sites excluding steroid dienone is 1. The highest BCUT2D eigenvalue weighted by molar-refractivity contribution is 5.91. The van der Waals surface area contributed by atoms with E-state index in [1.807, 2.05) is 56.3 Å². The number of ketones is 1. The molecule has 1 amide bonds. The molecule has 1 unspecified atom stereocenters. The lowest BCUT2D eigenvalue weighted by Gasteiger charge is -2.54. The van der Waals surface area contributed by atoms with E-state index in [0.29, 0.717) is 12.8 Å². The molecule has 2 fully saturated rings. The van der Waals surface area contributed by atoms with Crippen LogP contribution in [0.25, 0.3) is 0 Å². The number of hydrogen-bond donors (Lipinski definition) is 3. The minimum Gasteiger partial charge on any atom is -0.457 e. The number of esters is 1. The topological polar surface area (TPSA) is 113 Å². The molecule has 1 spiro atoms. The Morgan fingerprint density at radius 1 is 1.11 bits per heavy atom. The van der Waals surface area contributed by atoms with Crippen molar-refractivity contribution in [1.82, 2.24) is 5.32 Å². The van der Waals surface area contributed by atoms with Gasteiger partial charge in [0, 0.05) is 30.7 Å². The number of Topliss-reactive ketones (excluding diaryl/α,β-unsaturated/α-hetero) is 1. The average molecular weight is 510 g/mol. The Labute approximate surface area is 219 Å². The van der Waals surface area contributed by atoms with Gasteiger partial charge in [-0.2, -0.15) is 0 Å². The van der Waals surface area contributed by atoms with Crippen molar-refractivity contribution in [3.8, 4) is 0 Å². The Bertz CT molecular complexity index is 1090. The number of rotatable bonds is 3. The zero-order valence-corrected chi connectivity index (χ0v) is 22.3. The number of carbonyl (C=O) groups excluding carboxylic acids is 3. The van der Waals surface area contributed by atoms with Crippen LogP contribution in [-0.2, 0) is 25.5 Å². The molecule has 2 aliphatic carbocycles. The summed E-state index contributed by atoms with van der Waals surface area (Å²) in [5, 5.41) is 25.8. The van der Waals surface area contributed by atoms with E-state index in [0.717, 1.165) is 5.56 Å². The van der Waals surface area contributed by atoms with Gasteiger partial charge < -0.3 is 20.3 Å². The third-order valence-electron chi connectivity index (χ3n) is 8.99. The molecule has 7 nitrogen and oxygen atoms in total. The molecule has 7 heteroatoms. The van der Waals surface area contributed by atoms with Crippen LogP contribution >= 0.6 is 0 Å². The van der Waals surface area contributed by atoms with Crippen LogP contribution in [0, 0.1) is 35.0 Å². The first kappa shape index (κ1) is 27.3. The number of aliphatic hydroxyl groups excluding tert-OH is 1. The fourth-order valence-electron chi connectivity index (χ4n) is 6.98. The van der Waals surface area contributed by atoms with Gasteiger partial charge in [-0.25, -0.2) is 0 Å². The van der Waals surface area contributed by atoms with Crippen LogP contribution in [-0.4, -0.2) is 51.7 Å².